The first kappa shape index (κ1) is 16.0. The predicted molar refractivity (Wildman–Crippen MR) is 81.0 cm³/mol. The molecule has 1 aliphatic rings. The van der Waals surface area contributed by atoms with Crippen LogP contribution >= 0.6 is 0 Å². The van der Waals surface area contributed by atoms with Crippen LogP contribution in [0.15, 0.2) is 18.2 Å². The van der Waals surface area contributed by atoms with Crippen LogP contribution in [0, 0.1) is 5.92 Å². The molecule has 114 valence electrons. The summed E-state index contributed by atoms with van der Waals surface area (Å²) < 4.78 is 0. The fourth-order valence-electron chi connectivity index (χ4n) is 3.26. The molecule has 5 nitrogen and oxygen atoms in total. The van der Waals surface area contributed by atoms with E-state index in [1.54, 1.807) is 0 Å². The number of hydrogen-bond acceptors (Lipinski definition) is 4. The van der Waals surface area contributed by atoms with Gasteiger partial charge in [0, 0.05) is 0 Å². The minimum absolute atomic E-state index is 0.0318. The summed E-state index contributed by atoms with van der Waals surface area (Å²) in [7, 11) is -1.31. The Morgan fingerprint density at radius 3 is 2.76 bits per heavy atom. The van der Waals surface area contributed by atoms with Crippen molar-refractivity contribution >= 4 is 13.1 Å². The van der Waals surface area contributed by atoms with E-state index in [4.69, 9.17) is 15.8 Å². The van der Waals surface area contributed by atoms with Gasteiger partial charge in [-0.25, -0.2) is 0 Å². The summed E-state index contributed by atoms with van der Waals surface area (Å²) in [6.45, 7) is 0.550. The number of carboxylic acid groups (broad SMARTS) is 1. The SMILES string of the molecule is NCCc1ccc2c(c1)C(C(=O)O)C(CCCB(O)O)C2. The minimum atomic E-state index is -1.31. The standard InChI is InChI=1S/C15H22BNO4/c17-7-5-10-3-4-11-9-12(2-1-6-16(20)21)14(15(18)19)13(11)8-10/h3-4,8,12,14,20-21H,1-2,5-7,9,17H2,(H,18,19). The van der Waals surface area contributed by atoms with Crippen LogP contribution in [0.3, 0.4) is 0 Å². The Kier molecular flexibility index (Phi) is 5.39. The molecule has 2 rings (SSSR count). The molecular weight excluding hydrogens is 269 g/mol. The van der Waals surface area contributed by atoms with Crippen LogP contribution in [-0.4, -0.2) is 34.8 Å². The summed E-state index contributed by atoms with van der Waals surface area (Å²) in [4.78, 5) is 11.6. The molecule has 0 bridgehead atoms. The summed E-state index contributed by atoms with van der Waals surface area (Å²) in [5.74, 6) is -1.26. The van der Waals surface area contributed by atoms with Gasteiger partial charge in [0.05, 0.1) is 5.92 Å². The number of nitrogens with two attached hydrogens (primary N) is 1. The quantitative estimate of drug-likeness (QED) is 0.556. The van der Waals surface area contributed by atoms with Crippen LogP contribution in [0.5, 0.6) is 0 Å². The predicted octanol–water partition coefficient (Wildman–Crippen LogP) is 0.781. The van der Waals surface area contributed by atoms with E-state index in [9.17, 15) is 9.90 Å². The number of rotatable bonds is 7. The van der Waals surface area contributed by atoms with Crippen molar-refractivity contribution in [2.24, 2.45) is 11.7 Å². The van der Waals surface area contributed by atoms with E-state index >= 15 is 0 Å². The van der Waals surface area contributed by atoms with Crippen molar-refractivity contribution in [3.8, 4) is 0 Å². The van der Waals surface area contributed by atoms with Gasteiger partial charge >= 0.3 is 13.1 Å². The maximum atomic E-state index is 11.6. The molecule has 0 saturated heterocycles. The van der Waals surface area contributed by atoms with Crippen molar-refractivity contribution in [1.29, 1.82) is 0 Å². The van der Waals surface area contributed by atoms with Crippen LogP contribution in [0.4, 0.5) is 0 Å². The molecule has 21 heavy (non-hydrogen) atoms. The first-order valence-electron chi connectivity index (χ1n) is 7.43. The number of benzene rings is 1. The molecule has 0 saturated carbocycles. The molecule has 2 unspecified atom stereocenters. The van der Waals surface area contributed by atoms with Crippen molar-refractivity contribution in [3.05, 3.63) is 34.9 Å². The number of hydrogen-bond donors (Lipinski definition) is 4. The maximum absolute atomic E-state index is 11.6. The van der Waals surface area contributed by atoms with Crippen molar-refractivity contribution in [2.45, 2.75) is 37.9 Å². The highest BCUT2D eigenvalue weighted by atomic mass is 16.4. The van der Waals surface area contributed by atoms with Gasteiger partial charge in [0.1, 0.15) is 0 Å². The molecule has 6 heteroatoms. The lowest BCUT2D eigenvalue weighted by Gasteiger charge is -2.16. The molecule has 1 aromatic rings. The van der Waals surface area contributed by atoms with Crippen LogP contribution in [0.2, 0.25) is 6.32 Å². The fraction of sp³-hybridized carbons (Fsp3) is 0.533. The van der Waals surface area contributed by atoms with E-state index < -0.39 is 19.0 Å². The Labute approximate surface area is 124 Å². The highest BCUT2D eigenvalue weighted by molar-refractivity contribution is 6.40. The summed E-state index contributed by atoms with van der Waals surface area (Å²) in [6, 6.07) is 6.00. The maximum Gasteiger partial charge on any atom is 0.451 e. The van der Waals surface area contributed by atoms with E-state index in [2.05, 4.69) is 0 Å². The Bertz CT molecular complexity index is 506. The van der Waals surface area contributed by atoms with E-state index in [0.717, 1.165) is 29.5 Å². The Morgan fingerprint density at radius 1 is 1.38 bits per heavy atom. The normalized spacial score (nSPS) is 20.3. The molecule has 2 atom stereocenters. The first-order valence-corrected chi connectivity index (χ1v) is 7.43. The van der Waals surface area contributed by atoms with Gasteiger partial charge in [0.15, 0.2) is 0 Å². The average Bonchev–Trinajstić information content (AvgIpc) is 2.76. The highest BCUT2D eigenvalue weighted by Gasteiger charge is 2.37. The van der Waals surface area contributed by atoms with Gasteiger partial charge in [-0.05, 0) is 54.7 Å². The summed E-state index contributed by atoms with van der Waals surface area (Å²) in [5.41, 5.74) is 8.64. The fourth-order valence-corrected chi connectivity index (χ4v) is 3.26. The van der Waals surface area contributed by atoms with Crippen molar-refractivity contribution in [2.75, 3.05) is 6.54 Å². The number of aliphatic carboxylic acids is 1. The van der Waals surface area contributed by atoms with Crippen molar-refractivity contribution < 1.29 is 19.9 Å². The molecule has 1 aromatic carbocycles. The lowest BCUT2D eigenvalue weighted by Crippen LogP contribution is -2.18. The van der Waals surface area contributed by atoms with Crippen molar-refractivity contribution in [1.82, 2.24) is 0 Å². The molecule has 0 spiro atoms. The average molecular weight is 291 g/mol. The van der Waals surface area contributed by atoms with Gasteiger partial charge in [-0.2, -0.15) is 0 Å². The first-order chi connectivity index (χ1) is 10.0. The number of fused-ring (bicyclic) bond motifs is 1. The van der Waals surface area contributed by atoms with Crippen LogP contribution in [-0.2, 0) is 17.6 Å². The van der Waals surface area contributed by atoms with Crippen LogP contribution in [0.1, 0.15) is 35.4 Å². The van der Waals surface area contributed by atoms with E-state index in [1.807, 2.05) is 18.2 Å². The largest absolute Gasteiger partial charge is 0.481 e. The van der Waals surface area contributed by atoms with Gasteiger partial charge in [-0.1, -0.05) is 24.6 Å². The van der Waals surface area contributed by atoms with E-state index in [0.29, 0.717) is 19.4 Å². The number of carbonyl (C=O) groups is 1. The van der Waals surface area contributed by atoms with E-state index in [-0.39, 0.29) is 12.2 Å². The molecular formula is C15H22BNO4. The third kappa shape index (κ3) is 3.84. The third-order valence-corrected chi connectivity index (χ3v) is 4.24. The third-order valence-electron chi connectivity index (χ3n) is 4.24. The molecule has 0 radical (unpaired) electrons. The second-order valence-corrected chi connectivity index (χ2v) is 5.76. The molecule has 0 aromatic heterocycles. The topological polar surface area (TPSA) is 104 Å². The van der Waals surface area contributed by atoms with Crippen LogP contribution in [0.25, 0.3) is 0 Å². The summed E-state index contributed by atoms with van der Waals surface area (Å²) >= 11 is 0. The van der Waals surface area contributed by atoms with Gasteiger partial charge in [0.25, 0.3) is 0 Å². The lowest BCUT2D eigenvalue weighted by atomic mass is 9.80. The monoisotopic (exact) mass is 291 g/mol. The van der Waals surface area contributed by atoms with Gasteiger partial charge in [-0.3, -0.25) is 4.79 Å². The number of carboxylic acids is 1. The van der Waals surface area contributed by atoms with Gasteiger partial charge in [-0.15, -0.1) is 0 Å². The zero-order valence-corrected chi connectivity index (χ0v) is 12.0. The van der Waals surface area contributed by atoms with Crippen LogP contribution < -0.4 is 5.73 Å². The molecule has 1 aliphatic carbocycles. The van der Waals surface area contributed by atoms with Gasteiger partial charge in [0.2, 0.25) is 0 Å². The Balaban J connectivity index is 2.14. The molecule has 0 fully saturated rings. The molecule has 0 amide bonds. The molecule has 0 aliphatic heterocycles. The molecule has 5 N–H and O–H groups in total. The highest BCUT2D eigenvalue weighted by Crippen LogP contribution is 2.41. The van der Waals surface area contributed by atoms with Crippen molar-refractivity contribution in [3.63, 3.8) is 0 Å². The Morgan fingerprint density at radius 2 is 2.14 bits per heavy atom. The second-order valence-electron chi connectivity index (χ2n) is 5.76. The summed E-state index contributed by atoms with van der Waals surface area (Å²) in [5, 5.41) is 27.3. The molecule has 0 heterocycles. The Hall–Kier alpha value is -1.37. The lowest BCUT2D eigenvalue weighted by molar-refractivity contribution is -0.139. The second kappa shape index (κ2) is 7.07. The smallest absolute Gasteiger partial charge is 0.451 e. The zero-order chi connectivity index (χ0) is 15.4. The van der Waals surface area contributed by atoms with Gasteiger partial charge < -0.3 is 20.9 Å². The minimum Gasteiger partial charge on any atom is -0.481 e. The van der Waals surface area contributed by atoms with E-state index in [1.165, 1.54) is 0 Å². The summed E-state index contributed by atoms with van der Waals surface area (Å²) in [6.07, 6.45) is 3.10. The zero-order valence-electron chi connectivity index (χ0n) is 12.0.